The van der Waals surface area contributed by atoms with E-state index in [9.17, 15) is 13.2 Å². The highest BCUT2D eigenvalue weighted by molar-refractivity contribution is 5.48. The Balaban J connectivity index is 2.29. The van der Waals surface area contributed by atoms with E-state index in [-0.39, 0.29) is 18.3 Å². The van der Waals surface area contributed by atoms with Gasteiger partial charge in [0, 0.05) is 31.8 Å². The van der Waals surface area contributed by atoms with Crippen LogP contribution in [0.1, 0.15) is 5.56 Å². The molecule has 1 aliphatic rings. The Bertz CT molecular complexity index is 426. The van der Waals surface area contributed by atoms with Crippen molar-refractivity contribution in [3.05, 3.63) is 23.9 Å². The van der Waals surface area contributed by atoms with Crippen LogP contribution >= 0.6 is 0 Å². The maximum atomic E-state index is 12.9. The summed E-state index contributed by atoms with van der Waals surface area (Å²) >= 11 is 0. The summed E-state index contributed by atoms with van der Waals surface area (Å²) < 4.78 is 44.1. The van der Waals surface area contributed by atoms with E-state index in [4.69, 9.17) is 9.84 Å². The first-order valence-corrected chi connectivity index (χ1v) is 5.98. The molecule has 0 unspecified atom stereocenters. The quantitative estimate of drug-likeness (QED) is 0.890. The van der Waals surface area contributed by atoms with Crippen molar-refractivity contribution < 1.29 is 23.0 Å². The molecule has 106 valence electrons. The van der Waals surface area contributed by atoms with Gasteiger partial charge in [-0.1, -0.05) is 0 Å². The Morgan fingerprint density at radius 3 is 2.95 bits per heavy atom. The van der Waals surface area contributed by atoms with Crippen molar-refractivity contribution >= 4 is 5.82 Å². The molecule has 19 heavy (non-hydrogen) atoms. The Kier molecular flexibility index (Phi) is 4.26. The molecule has 1 aromatic rings. The van der Waals surface area contributed by atoms with Gasteiger partial charge in [0.2, 0.25) is 0 Å². The third kappa shape index (κ3) is 3.36. The van der Waals surface area contributed by atoms with E-state index in [2.05, 4.69) is 4.98 Å². The lowest BCUT2D eigenvalue weighted by atomic mass is 10.1. The van der Waals surface area contributed by atoms with Gasteiger partial charge in [0.05, 0.1) is 18.8 Å². The van der Waals surface area contributed by atoms with Crippen molar-refractivity contribution in [1.82, 2.24) is 4.98 Å². The summed E-state index contributed by atoms with van der Waals surface area (Å²) in [5, 5.41) is 9.16. The molecule has 1 atom stereocenters. The first-order valence-electron chi connectivity index (χ1n) is 5.98. The number of anilines is 1. The number of alkyl halides is 3. The van der Waals surface area contributed by atoms with E-state index in [1.807, 2.05) is 0 Å². The van der Waals surface area contributed by atoms with Crippen LogP contribution in [0.3, 0.4) is 0 Å². The summed E-state index contributed by atoms with van der Waals surface area (Å²) in [6.07, 6.45) is -3.10. The number of aromatic nitrogens is 1. The van der Waals surface area contributed by atoms with Gasteiger partial charge in [-0.15, -0.1) is 0 Å². The first kappa shape index (κ1) is 14.1. The maximum Gasteiger partial charge on any atom is 0.419 e. The molecule has 2 heterocycles. The summed E-state index contributed by atoms with van der Waals surface area (Å²) in [6, 6.07) is 2.28. The molecule has 0 amide bonds. The molecule has 7 heteroatoms. The van der Waals surface area contributed by atoms with Gasteiger partial charge in [-0.05, 0) is 12.1 Å². The second-order valence-corrected chi connectivity index (χ2v) is 4.44. The molecule has 1 saturated heterocycles. The van der Waals surface area contributed by atoms with E-state index < -0.39 is 11.7 Å². The lowest BCUT2D eigenvalue weighted by Gasteiger charge is -2.26. The van der Waals surface area contributed by atoms with Gasteiger partial charge in [-0.2, -0.15) is 13.2 Å². The fourth-order valence-electron chi connectivity index (χ4n) is 2.05. The average Bonchev–Trinajstić information content (AvgIpc) is 2.63. The Labute approximate surface area is 108 Å². The Morgan fingerprint density at radius 1 is 1.47 bits per heavy atom. The van der Waals surface area contributed by atoms with Gasteiger partial charge in [0.15, 0.2) is 0 Å². The second-order valence-electron chi connectivity index (χ2n) is 4.44. The third-order valence-corrected chi connectivity index (χ3v) is 2.99. The van der Waals surface area contributed by atoms with Crippen LogP contribution in [-0.2, 0) is 10.9 Å². The topological polar surface area (TPSA) is 45.6 Å². The number of aliphatic hydroxyl groups is 1. The van der Waals surface area contributed by atoms with E-state index >= 15 is 0 Å². The normalized spacial score (nSPS) is 21.3. The molecule has 0 spiro atoms. The summed E-state index contributed by atoms with van der Waals surface area (Å²) in [5.41, 5.74) is -0.756. The van der Waals surface area contributed by atoms with Crippen LogP contribution < -0.4 is 4.90 Å². The summed E-state index contributed by atoms with van der Waals surface area (Å²) in [7, 11) is 0. The monoisotopic (exact) mass is 276 g/mol. The molecule has 0 saturated carbocycles. The fraction of sp³-hybridized carbons (Fsp3) is 0.583. The van der Waals surface area contributed by atoms with E-state index in [0.717, 1.165) is 6.07 Å². The maximum absolute atomic E-state index is 12.9. The molecule has 0 aliphatic carbocycles. The predicted octanol–water partition coefficient (Wildman–Crippen LogP) is 1.55. The number of nitrogens with zero attached hydrogens (tertiary/aromatic N) is 2. The summed E-state index contributed by atoms with van der Waals surface area (Å²) in [5.74, 6) is -0.301. The van der Waals surface area contributed by atoms with Crippen molar-refractivity contribution in [2.75, 3.05) is 37.8 Å². The minimum Gasteiger partial charge on any atom is -0.396 e. The van der Waals surface area contributed by atoms with Crippen LogP contribution in [0.15, 0.2) is 18.3 Å². The Morgan fingerprint density at radius 2 is 2.26 bits per heavy atom. The molecule has 1 fully saturated rings. The van der Waals surface area contributed by atoms with Gasteiger partial charge < -0.3 is 14.7 Å². The lowest BCUT2D eigenvalue weighted by Crippen LogP contribution is -2.33. The number of rotatable bonds is 2. The summed E-state index contributed by atoms with van der Waals surface area (Å²) in [6.45, 7) is 1.18. The molecule has 0 radical (unpaired) electrons. The van der Waals surface area contributed by atoms with Gasteiger partial charge in [0.25, 0.3) is 0 Å². The fourth-order valence-corrected chi connectivity index (χ4v) is 2.05. The predicted molar refractivity (Wildman–Crippen MR) is 62.8 cm³/mol. The summed E-state index contributed by atoms with van der Waals surface area (Å²) in [4.78, 5) is 5.37. The number of hydrogen-bond acceptors (Lipinski definition) is 4. The minimum atomic E-state index is -4.44. The van der Waals surface area contributed by atoms with Crippen molar-refractivity contribution in [2.45, 2.75) is 6.18 Å². The number of aliphatic hydroxyl groups excluding tert-OH is 1. The lowest BCUT2D eigenvalue weighted by molar-refractivity contribution is -0.137. The smallest absolute Gasteiger partial charge is 0.396 e. The van der Waals surface area contributed by atoms with Crippen LogP contribution in [-0.4, -0.2) is 43.0 Å². The molecular weight excluding hydrogens is 261 g/mol. The van der Waals surface area contributed by atoms with Gasteiger partial charge >= 0.3 is 6.18 Å². The minimum absolute atomic E-state index is 0.0982. The number of pyridine rings is 1. The zero-order valence-electron chi connectivity index (χ0n) is 10.2. The van der Waals surface area contributed by atoms with Crippen LogP contribution in [0.25, 0.3) is 0 Å². The average molecular weight is 276 g/mol. The van der Waals surface area contributed by atoms with Crippen LogP contribution in [0.5, 0.6) is 0 Å². The molecule has 0 aromatic carbocycles. The van der Waals surface area contributed by atoms with Crippen molar-refractivity contribution in [3.8, 4) is 0 Å². The van der Waals surface area contributed by atoms with Gasteiger partial charge in [0.1, 0.15) is 5.82 Å². The molecule has 0 bridgehead atoms. The van der Waals surface area contributed by atoms with Crippen LogP contribution in [0.2, 0.25) is 0 Å². The van der Waals surface area contributed by atoms with E-state index in [1.165, 1.54) is 17.2 Å². The van der Waals surface area contributed by atoms with Crippen LogP contribution in [0, 0.1) is 5.92 Å². The SMILES string of the molecule is OC[C@@H]1COCCN(c2ncccc2C(F)(F)F)C1. The van der Waals surface area contributed by atoms with E-state index in [1.54, 1.807) is 0 Å². The zero-order valence-corrected chi connectivity index (χ0v) is 10.2. The van der Waals surface area contributed by atoms with Crippen molar-refractivity contribution in [2.24, 2.45) is 5.92 Å². The molecule has 1 N–H and O–H groups in total. The largest absolute Gasteiger partial charge is 0.419 e. The molecule has 1 aromatic heterocycles. The zero-order chi connectivity index (χ0) is 13.9. The number of ether oxygens (including phenoxy) is 1. The molecule has 1 aliphatic heterocycles. The van der Waals surface area contributed by atoms with Crippen LogP contribution in [0.4, 0.5) is 19.0 Å². The highest BCUT2D eigenvalue weighted by atomic mass is 19.4. The van der Waals surface area contributed by atoms with E-state index in [0.29, 0.717) is 26.3 Å². The molecular formula is C12H15F3N2O2. The highest BCUT2D eigenvalue weighted by Gasteiger charge is 2.36. The molecule has 2 rings (SSSR count). The second kappa shape index (κ2) is 5.75. The van der Waals surface area contributed by atoms with Gasteiger partial charge in [-0.3, -0.25) is 0 Å². The molecule has 4 nitrogen and oxygen atoms in total. The third-order valence-electron chi connectivity index (χ3n) is 2.99. The standard InChI is InChI=1S/C12H15F3N2O2/c13-12(14,15)10-2-1-3-16-11(10)17-4-5-19-8-9(6-17)7-18/h1-3,9,18H,4-8H2/t9-/m1/s1. The number of halogens is 3. The number of hydrogen-bond donors (Lipinski definition) is 1. The first-order chi connectivity index (χ1) is 9.02. The van der Waals surface area contributed by atoms with Crippen molar-refractivity contribution in [3.63, 3.8) is 0 Å². The van der Waals surface area contributed by atoms with Crippen molar-refractivity contribution in [1.29, 1.82) is 0 Å². The van der Waals surface area contributed by atoms with Gasteiger partial charge in [-0.25, -0.2) is 4.98 Å². The Hall–Kier alpha value is -1.34. The highest BCUT2D eigenvalue weighted by Crippen LogP contribution is 2.35.